The molecular weight excluding hydrogens is 236 g/mol. The highest BCUT2D eigenvalue weighted by Gasteiger charge is 2.00. The number of benzene rings is 1. The molecule has 1 heterocycles. The van der Waals surface area contributed by atoms with Gasteiger partial charge in [-0.25, -0.2) is 4.98 Å². The van der Waals surface area contributed by atoms with E-state index in [4.69, 9.17) is 0 Å². The van der Waals surface area contributed by atoms with Gasteiger partial charge < -0.3 is 15.2 Å². The summed E-state index contributed by atoms with van der Waals surface area (Å²) in [4.78, 5) is 9.73. The molecule has 0 saturated heterocycles. The van der Waals surface area contributed by atoms with Gasteiger partial charge in [0.1, 0.15) is 0 Å². The van der Waals surface area contributed by atoms with Crippen LogP contribution in [0.5, 0.6) is 0 Å². The fourth-order valence-corrected chi connectivity index (χ4v) is 2.03. The highest BCUT2D eigenvalue weighted by atomic mass is 15.1. The lowest BCUT2D eigenvalue weighted by Crippen LogP contribution is -2.21. The zero-order chi connectivity index (χ0) is 13.5. The number of hydrogen-bond acceptors (Lipinski definition) is 3. The molecule has 2 rings (SSSR count). The third-order valence-corrected chi connectivity index (χ3v) is 3.01. The first-order chi connectivity index (χ1) is 9.24. The van der Waals surface area contributed by atoms with E-state index in [0.29, 0.717) is 0 Å². The number of anilines is 1. The molecule has 0 aliphatic carbocycles. The van der Waals surface area contributed by atoms with Crippen LogP contribution >= 0.6 is 0 Å². The zero-order valence-electron chi connectivity index (χ0n) is 11.7. The van der Waals surface area contributed by atoms with E-state index in [1.54, 1.807) is 0 Å². The van der Waals surface area contributed by atoms with Crippen molar-refractivity contribution >= 4 is 5.95 Å². The molecule has 0 unspecified atom stereocenters. The van der Waals surface area contributed by atoms with Crippen molar-refractivity contribution in [2.45, 2.75) is 19.9 Å². The summed E-state index contributed by atoms with van der Waals surface area (Å²) in [5, 5.41) is 3.29. The van der Waals surface area contributed by atoms with Crippen LogP contribution in [-0.2, 0) is 6.54 Å². The molecule has 0 atom stereocenters. The van der Waals surface area contributed by atoms with Gasteiger partial charge in [-0.05, 0) is 32.5 Å². The summed E-state index contributed by atoms with van der Waals surface area (Å²) in [5.74, 6) is 0.864. The molecule has 2 aromatic rings. The van der Waals surface area contributed by atoms with Gasteiger partial charge in [0.2, 0.25) is 0 Å². The van der Waals surface area contributed by atoms with Crippen molar-refractivity contribution in [2.24, 2.45) is 0 Å². The monoisotopic (exact) mass is 258 g/mol. The smallest absolute Gasteiger partial charge is 0.200 e. The maximum atomic E-state index is 4.22. The summed E-state index contributed by atoms with van der Waals surface area (Å²) in [6.45, 7) is 5.01. The third kappa shape index (κ3) is 4.75. The Morgan fingerprint density at radius 2 is 2.05 bits per heavy atom. The van der Waals surface area contributed by atoms with E-state index >= 15 is 0 Å². The first kappa shape index (κ1) is 13.6. The van der Waals surface area contributed by atoms with E-state index in [-0.39, 0.29) is 0 Å². The summed E-state index contributed by atoms with van der Waals surface area (Å²) in [7, 11) is 2.16. The van der Waals surface area contributed by atoms with Crippen molar-refractivity contribution in [3.63, 3.8) is 0 Å². The molecule has 0 spiro atoms. The normalized spacial score (nSPS) is 10.9. The maximum absolute atomic E-state index is 4.22. The molecule has 0 bridgehead atoms. The van der Waals surface area contributed by atoms with E-state index in [9.17, 15) is 0 Å². The molecule has 0 saturated carbocycles. The van der Waals surface area contributed by atoms with Gasteiger partial charge in [-0.1, -0.05) is 30.3 Å². The molecule has 0 aliphatic rings. The number of imidazole rings is 1. The van der Waals surface area contributed by atoms with Gasteiger partial charge in [0.05, 0.1) is 0 Å². The molecule has 19 heavy (non-hydrogen) atoms. The highest BCUT2D eigenvalue weighted by molar-refractivity contribution is 5.25. The molecule has 102 valence electrons. The van der Waals surface area contributed by atoms with Gasteiger partial charge in [0, 0.05) is 25.0 Å². The van der Waals surface area contributed by atoms with Crippen molar-refractivity contribution < 1.29 is 0 Å². The topological polar surface area (TPSA) is 44.0 Å². The van der Waals surface area contributed by atoms with Gasteiger partial charge in [0.25, 0.3) is 0 Å². The molecule has 1 aromatic heterocycles. The standard InChI is InChI=1S/C15H22N4/c1-13-11-17-15(18-13)16-9-6-10-19(2)12-14-7-4-3-5-8-14/h3-5,7-8,11H,6,9-10,12H2,1-2H3,(H2,16,17,18). The van der Waals surface area contributed by atoms with E-state index in [0.717, 1.165) is 37.7 Å². The predicted molar refractivity (Wildman–Crippen MR) is 79.2 cm³/mol. The quantitative estimate of drug-likeness (QED) is 0.750. The van der Waals surface area contributed by atoms with Crippen LogP contribution in [0, 0.1) is 6.92 Å². The summed E-state index contributed by atoms with van der Waals surface area (Å²) in [5.41, 5.74) is 2.45. The molecule has 0 radical (unpaired) electrons. The van der Waals surface area contributed by atoms with Gasteiger partial charge >= 0.3 is 0 Å². The number of H-pyrrole nitrogens is 1. The second kappa shape index (κ2) is 6.95. The van der Waals surface area contributed by atoms with Crippen LogP contribution in [0.1, 0.15) is 17.7 Å². The van der Waals surface area contributed by atoms with Crippen LogP contribution in [-0.4, -0.2) is 35.0 Å². The molecule has 4 heteroatoms. The number of aromatic amines is 1. The lowest BCUT2D eigenvalue weighted by atomic mass is 10.2. The number of rotatable bonds is 7. The minimum absolute atomic E-state index is 0.864. The van der Waals surface area contributed by atoms with Crippen LogP contribution in [0.3, 0.4) is 0 Å². The Labute approximate surface area is 114 Å². The minimum Gasteiger partial charge on any atom is -0.356 e. The summed E-state index contributed by atoms with van der Waals surface area (Å²) >= 11 is 0. The Hall–Kier alpha value is -1.81. The highest BCUT2D eigenvalue weighted by Crippen LogP contribution is 2.04. The Bertz CT molecular complexity index is 478. The van der Waals surface area contributed by atoms with E-state index in [2.05, 4.69) is 57.6 Å². The average Bonchev–Trinajstić information content (AvgIpc) is 2.82. The Morgan fingerprint density at radius 1 is 1.26 bits per heavy atom. The van der Waals surface area contributed by atoms with Crippen molar-refractivity contribution in [2.75, 3.05) is 25.5 Å². The van der Waals surface area contributed by atoms with Crippen LogP contribution in [0.4, 0.5) is 5.95 Å². The maximum Gasteiger partial charge on any atom is 0.200 e. The van der Waals surface area contributed by atoms with Crippen molar-refractivity contribution in [1.29, 1.82) is 0 Å². The average molecular weight is 258 g/mol. The molecule has 0 fully saturated rings. The Balaban J connectivity index is 1.63. The van der Waals surface area contributed by atoms with Crippen molar-refractivity contribution in [3.8, 4) is 0 Å². The van der Waals surface area contributed by atoms with E-state index in [1.165, 1.54) is 5.56 Å². The fraction of sp³-hybridized carbons (Fsp3) is 0.400. The van der Waals surface area contributed by atoms with Crippen LogP contribution in [0.15, 0.2) is 36.5 Å². The number of aromatic nitrogens is 2. The van der Waals surface area contributed by atoms with E-state index in [1.807, 2.05) is 13.1 Å². The lowest BCUT2D eigenvalue weighted by Gasteiger charge is -2.16. The largest absolute Gasteiger partial charge is 0.356 e. The van der Waals surface area contributed by atoms with Crippen LogP contribution in [0.2, 0.25) is 0 Å². The third-order valence-electron chi connectivity index (χ3n) is 3.01. The Kier molecular flexibility index (Phi) is 4.98. The molecule has 2 N–H and O–H groups in total. The van der Waals surface area contributed by atoms with Crippen molar-refractivity contribution in [1.82, 2.24) is 14.9 Å². The second-order valence-corrected chi connectivity index (χ2v) is 4.92. The molecule has 4 nitrogen and oxygen atoms in total. The molecule has 0 amide bonds. The van der Waals surface area contributed by atoms with Gasteiger partial charge in [-0.15, -0.1) is 0 Å². The predicted octanol–water partition coefficient (Wildman–Crippen LogP) is 2.65. The van der Waals surface area contributed by atoms with Gasteiger partial charge in [-0.3, -0.25) is 0 Å². The number of hydrogen-bond donors (Lipinski definition) is 2. The number of nitrogens with one attached hydrogen (secondary N) is 2. The first-order valence-corrected chi connectivity index (χ1v) is 6.72. The van der Waals surface area contributed by atoms with Gasteiger partial charge in [0.15, 0.2) is 5.95 Å². The molecule has 0 aliphatic heterocycles. The van der Waals surface area contributed by atoms with Crippen LogP contribution in [0.25, 0.3) is 0 Å². The molecule has 1 aromatic carbocycles. The SMILES string of the molecule is Cc1cnc(NCCCN(C)Cc2ccccc2)[nH]1. The first-order valence-electron chi connectivity index (χ1n) is 6.72. The minimum atomic E-state index is 0.864. The van der Waals surface area contributed by atoms with E-state index < -0.39 is 0 Å². The number of aryl methyl sites for hydroxylation is 1. The molecular formula is C15H22N4. The fourth-order valence-electron chi connectivity index (χ4n) is 2.03. The summed E-state index contributed by atoms with van der Waals surface area (Å²) < 4.78 is 0. The van der Waals surface area contributed by atoms with Crippen molar-refractivity contribution in [3.05, 3.63) is 47.8 Å². The number of nitrogens with zero attached hydrogens (tertiary/aromatic N) is 2. The zero-order valence-corrected chi connectivity index (χ0v) is 11.7. The lowest BCUT2D eigenvalue weighted by molar-refractivity contribution is 0.325. The Morgan fingerprint density at radius 3 is 2.74 bits per heavy atom. The van der Waals surface area contributed by atoms with Gasteiger partial charge in [-0.2, -0.15) is 0 Å². The summed E-state index contributed by atoms with van der Waals surface area (Å²) in [6.07, 6.45) is 2.94. The summed E-state index contributed by atoms with van der Waals surface area (Å²) in [6, 6.07) is 10.6. The second-order valence-electron chi connectivity index (χ2n) is 4.92. The van der Waals surface area contributed by atoms with Crippen LogP contribution < -0.4 is 5.32 Å².